The Labute approximate surface area is 148 Å². The Morgan fingerprint density at radius 3 is 2.60 bits per heavy atom. The summed E-state index contributed by atoms with van der Waals surface area (Å²) >= 11 is 5.77. The Morgan fingerprint density at radius 1 is 1.12 bits per heavy atom. The summed E-state index contributed by atoms with van der Waals surface area (Å²) in [5.41, 5.74) is 1.03. The predicted octanol–water partition coefficient (Wildman–Crippen LogP) is 2.49. The van der Waals surface area contributed by atoms with Gasteiger partial charge < -0.3 is 14.4 Å². The minimum absolute atomic E-state index is 0.0583. The van der Waals surface area contributed by atoms with Crippen LogP contribution in [0.15, 0.2) is 48.5 Å². The van der Waals surface area contributed by atoms with Gasteiger partial charge in [-0.25, -0.2) is 4.79 Å². The van der Waals surface area contributed by atoms with Crippen LogP contribution >= 0.6 is 11.6 Å². The topological polar surface area (TPSA) is 72.9 Å². The number of esters is 2. The number of Topliss-reactive ketones (excluding diaryl/α,β-unsaturated/α-hetero) is 1. The zero-order chi connectivity index (χ0) is 17.8. The number of benzene rings is 2. The van der Waals surface area contributed by atoms with Gasteiger partial charge in [0.25, 0.3) is 0 Å². The van der Waals surface area contributed by atoms with Gasteiger partial charge in [0.15, 0.2) is 18.1 Å². The number of hydrogen-bond acceptors (Lipinski definition) is 6. The van der Waals surface area contributed by atoms with Crippen molar-refractivity contribution >= 4 is 35.0 Å². The Kier molecular flexibility index (Phi) is 5.00. The lowest BCUT2D eigenvalue weighted by molar-refractivity contribution is -0.141. The summed E-state index contributed by atoms with van der Waals surface area (Å²) in [6.45, 7) is -0.586. The Morgan fingerprint density at radius 2 is 1.84 bits per heavy atom. The van der Waals surface area contributed by atoms with Crippen molar-refractivity contribution in [1.29, 1.82) is 0 Å². The molecule has 1 heterocycles. The molecule has 0 unspecified atom stereocenters. The fourth-order valence-corrected chi connectivity index (χ4v) is 2.53. The van der Waals surface area contributed by atoms with Crippen LogP contribution in [0, 0.1) is 0 Å². The molecule has 1 aliphatic rings. The van der Waals surface area contributed by atoms with Gasteiger partial charge in [-0.1, -0.05) is 23.7 Å². The molecule has 0 aliphatic carbocycles. The number of rotatable bonds is 5. The molecule has 0 fully saturated rings. The summed E-state index contributed by atoms with van der Waals surface area (Å²) in [6, 6.07) is 13.2. The molecule has 1 aliphatic heterocycles. The highest BCUT2D eigenvalue weighted by atomic mass is 35.5. The predicted molar refractivity (Wildman–Crippen MR) is 91.0 cm³/mol. The number of fused-ring (bicyclic) bond motifs is 1. The molecule has 6 nitrogen and oxygen atoms in total. The van der Waals surface area contributed by atoms with Crippen LogP contribution < -0.4 is 9.64 Å². The Balaban J connectivity index is 1.59. The van der Waals surface area contributed by atoms with Gasteiger partial charge in [-0.15, -0.1) is 0 Å². The van der Waals surface area contributed by atoms with Gasteiger partial charge >= 0.3 is 11.9 Å². The zero-order valence-corrected chi connectivity index (χ0v) is 13.9. The summed E-state index contributed by atoms with van der Waals surface area (Å²) in [5.74, 6) is -0.997. The molecule has 0 saturated heterocycles. The second-order valence-corrected chi connectivity index (χ2v) is 5.83. The molecule has 25 heavy (non-hydrogen) atoms. The second kappa shape index (κ2) is 7.36. The molecule has 2 aromatic carbocycles. The summed E-state index contributed by atoms with van der Waals surface area (Å²) in [7, 11) is 0. The van der Waals surface area contributed by atoms with Crippen LogP contribution in [0.1, 0.15) is 10.4 Å². The normalized spacial score (nSPS) is 13.0. The largest absolute Gasteiger partial charge is 0.456 e. The molecule has 0 saturated carbocycles. The lowest BCUT2D eigenvalue weighted by Crippen LogP contribution is -2.40. The van der Waals surface area contributed by atoms with Crippen molar-refractivity contribution in [1.82, 2.24) is 0 Å². The van der Waals surface area contributed by atoms with Crippen molar-refractivity contribution in [2.24, 2.45) is 0 Å². The highest BCUT2D eigenvalue weighted by molar-refractivity contribution is 6.30. The van der Waals surface area contributed by atoms with Crippen molar-refractivity contribution in [3.63, 3.8) is 0 Å². The van der Waals surface area contributed by atoms with E-state index in [1.165, 1.54) is 0 Å². The first-order chi connectivity index (χ1) is 12.0. The van der Waals surface area contributed by atoms with Gasteiger partial charge in [0.05, 0.1) is 5.69 Å². The molecule has 0 amide bonds. The maximum absolute atomic E-state index is 12.0. The first-order valence-electron chi connectivity index (χ1n) is 7.52. The minimum Gasteiger partial charge on any atom is -0.456 e. The molecular weight excluding hydrogens is 346 g/mol. The van der Waals surface area contributed by atoms with Crippen molar-refractivity contribution in [3.05, 3.63) is 59.1 Å². The van der Waals surface area contributed by atoms with Crippen LogP contribution in [0.25, 0.3) is 0 Å². The maximum atomic E-state index is 12.0. The van der Waals surface area contributed by atoms with Crippen LogP contribution in [0.3, 0.4) is 0 Å². The van der Waals surface area contributed by atoms with Crippen LogP contribution in [-0.2, 0) is 14.3 Å². The molecule has 0 N–H and O–H groups in total. The standard InChI is InChI=1S/C18H14ClNO5/c19-13-7-5-12(6-8-13)15(21)11-24-17(22)9-20-10-18(23)25-16-4-2-1-3-14(16)20/h1-8H,9-11H2. The van der Waals surface area contributed by atoms with E-state index >= 15 is 0 Å². The van der Waals surface area contributed by atoms with Crippen LogP contribution in [0.2, 0.25) is 5.02 Å². The van der Waals surface area contributed by atoms with E-state index in [1.54, 1.807) is 53.4 Å². The minimum atomic E-state index is -0.605. The van der Waals surface area contributed by atoms with Gasteiger partial charge in [-0.2, -0.15) is 0 Å². The molecule has 0 spiro atoms. The van der Waals surface area contributed by atoms with Crippen LogP contribution in [-0.4, -0.2) is 37.4 Å². The maximum Gasteiger partial charge on any atom is 0.331 e. The molecule has 0 atom stereocenters. The van der Waals surface area contributed by atoms with E-state index in [4.69, 9.17) is 21.1 Å². The first kappa shape index (κ1) is 17.0. The molecule has 7 heteroatoms. The van der Waals surface area contributed by atoms with E-state index in [0.29, 0.717) is 22.0 Å². The molecule has 3 rings (SSSR count). The van der Waals surface area contributed by atoms with Gasteiger partial charge in [-0.05, 0) is 36.4 Å². The summed E-state index contributed by atoms with van der Waals surface area (Å²) < 4.78 is 10.1. The number of nitrogens with zero attached hydrogens (tertiary/aromatic N) is 1. The van der Waals surface area contributed by atoms with Crippen molar-refractivity contribution in [2.75, 3.05) is 24.6 Å². The van der Waals surface area contributed by atoms with E-state index in [-0.39, 0.29) is 25.5 Å². The summed E-state index contributed by atoms with van der Waals surface area (Å²) in [4.78, 5) is 37.2. The third-order valence-electron chi connectivity index (χ3n) is 3.60. The van der Waals surface area contributed by atoms with Gasteiger partial charge in [0.2, 0.25) is 0 Å². The molecule has 2 aromatic rings. The summed E-state index contributed by atoms with van der Waals surface area (Å²) in [6.07, 6.45) is 0. The number of carbonyl (C=O) groups excluding carboxylic acids is 3. The quantitative estimate of drug-likeness (QED) is 0.464. The lowest BCUT2D eigenvalue weighted by atomic mass is 10.1. The van der Waals surface area contributed by atoms with Crippen molar-refractivity contribution < 1.29 is 23.9 Å². The van der Waals surface area contributed by atoms with E-state index in [9.17, 15) is 14.4 Å². The highest BCUT2D eigenvalue weighted by Crippen LogP contribution is 2.31. The number of carbonyl (C=O) groups is 3. The number of ketones is 1. The zero-order valence-electron chi connectivity index (χ0n) is 13.1. The van der Waals surface area contributed by atoms with Crippen molar-refractivity contribution in [3.8, 4) is 5.75 Å². The van der Waals surface area contributed by atoms with Gasteiger partial charge in [0, 0.05) is 10.6 Å². The Bertz CT molecular complexity index is 818. The van der Waals surface area contributed by atoms with E-state index in [2.05, 4.69) is 0 Å². The number of anilines is 1. The van der Waals surface area contributed by atoms with E-state index < -0.39 is 11.9 Å². The van der Waals surface area contributed by atoms with Crippen LogP contribution in [0.5, 0.6) is 5.75 Å². The van der Waals surface area contributed by atoms with Gasteiger partial charge in [0.1, 0.15) is 13.1 Å². The summed E-state index contributed by atoms with van der Waals surface area (Å²) in [5, 5.41) is 0.518. The second-order valence-electron chi connectivity index (χ2n) is 5.39. The third-order valence-corrected chi connectivity index (χ3v) is 3.85. The van der Waals surface area contributed by atoms with E-state index in [0.717, 1.165) is 0 Å². The SMILES string of the molecule is O=C(CN1CC(=O)Oc2ccccc21)OCC(=O)c1ccc(Cl)cc1. The number of ether oxygens (including phenoxy) is 2. The highest BCUT2D eigenvalue weighted by Gasteiger charge is 2.26. The molecular formula is C18H14ClNO5. The Hall–Kier alpha value is -2.86. The number of para-hydroxylation sites is 2. The number of hydrogen-bond donors (Lipinski definition) is 0. The molecule has 0 radical (unpaired) electrons. The third kappa shape index (κ3) is 4.16. The van der Waals surface area contributed by atoms with Gasteiger partial charge in [-0.3, -0.25) is 9.59 Å². The smallest absolute Gasteiger partial charge is 0.331 e. The average molecular weight is 360 g/mol. The fourth-order valence-electron chi connectivity index (χ4n) is 2.41. The van der Waals surface area contributed by atoms with E-state index in [1.807, 2.05) is 0 Å². The monoisotopic (exact) mass is 359 g/mol. The average Bonchev–Trinajstić information content (AvgIpc) is 2.60. The number of halogens is 1. The molecule has 0 aromatic heterocycles. The first-order valence-corrected chi connectivity index (χ1v) is 7.90. The molecule has 128 valence electrons. The van der Waals surface area contributed by atoms with Crippen LogP contribution in [0.4, 0.5) is 5.69 Å². The lowest BCUT2D eigenvalue weighted by Gasteiger charge is -2.28. The van der Waals surface area contributed by atoms with Crippen molar-refractivity contribution in [2.45, 2.75) is 0 Å². The molecule has 0 bridgehead atoms. The fraction of sp³-hybridized carbons (Fsp3) is 0.167.